The van der Waals surface area contributed by atoms with Gasteiger partial charge in [0.15, 0.2) is 11.6 Å². The molecule has 2 fully saturated rings. The number of benzene rings is 2. The monoisotopic (exact) mass is 772 g/mol. The van der Waals surface area contributed by atoms with Crippen LogP contribution in [0.3, 0.4) is 0 Å². The van der Waals surface area contributed by atoms with Crippen molar-refractivity contribution in [2.24, 2.45) is 34.6 Å². The minimum absolute atomic E-state index is 0.0484. The lowest BCUT2D eigenvalue weighted by Crippen LogP contribution is -2.30. The number of hydrogen-bond donors (Lipinski definition) is 2. The first-order valence-electron chi connectivity index (χ1n) is 19.3. The summed E-state index contributed by atoms with van der Waals surface area (Å²) in [5.41, 5.74) is 6.23. The number of isocyanates is 1. The maximum absolute atomic E-state index is 13.4. The molecule has 56 heavy (non-hydrogen) atoms. The summed E-state index contributed by atoms with van der Waals surface area (Å²) >= 11 is 0. The van der Waals surface area contributed by atoms with E-state index in [4.69, 9.17) is 23.7 Å². The summed E-state index contributed by atoms with van der Waals surface area (Å²) < 4.78 is 22.2. The van der Waals surface area contributed by atoms with Gasteiger partial charge in [-0.3, -0.25) is 9.59 Å². The van der Waals surface area contributed by atoms with E-state index in [9.17, 15) is 24.3 Å². The van der Waals surface area contributed by atoms with Crippen LogP contribution in [0.1, 0.15) is 85.8 Å². The van der Waals surface area contributed by atoms with Crippen molar-refractivity contribution in [2.45, 2.75) is 86.2 Å². The number of aldehydes is 1. The molecule has 12 nitrogen and oxygen atoms in total. The summed E-state index contributed by atoms with van der Waals surface area (Å²) in [4.78, 5) is 62.1. The number of ether oxygens (including phenoxy) is 4. The fourth-order valence-electron chi connectivity index (χ4n) is 8.67. The Hall–Kier alpha value is -5.06. The van der Waals surface area contributed by atoms with Gasteiger partial charge in [-0.2, -0.15) is 0 Å². The number of carbonyl (C=O) groups is 4. The van der Waals surface area contributed by atoms with Gasteiger partial charge in [0, 0.05) is 60.9 Å². The second-order valence-corrected chi connectivity index (χ2v) is 14.8. The Labute approximate surface area is 329 Å². The summed E-state index contributed by atoms with van der Waals surface area (Å²) in [5.74, 6) is 0.943. The van der Waals surface area contributed by atoms with Crippen LogP contribution in [-0.4, -0.2) is 75.7 Å². The van der Waals surface area contributed by atoms with Gasteiger partial charge in [-0.05, 0) is 114 Å². The Morgan fingerprint density at radius 3 is 1.89 bits per heavy atom. The molecular weight excluding hydrogens is 716 g/mol. The number of aliphatic hydroxyl groups excluding tert-OH is 1. The van der Waals surface area contributed by atoms with E-state index in [1.54, 1.807) is 28.3 Å². The number of nitrogens with zero attached hydrogens (tertiary/aromatic N) is 1. The quantitative estimate of drug-likeness (QED) is 0.148. The van der Waals surface area contributed by atoms with Gasteiger partial charge in [-0.15, -0.1) is 0 Å². The molecule has 4 aliphatic rings. The Kier molecular flexibility index (Phi) is 15.4. The molecule has 0 spiro atoms. The summed E-state index contributed by atoms with van der Waals surface area (Å²) in [6.07, 6.45) is 6.05. The number of Topliss-reactive ketones (excluding diaryl/α,β-unsaturated/α-hetero) is 2. The zero-order chi connectivity index (χ0) is 41.3. The normalized spacial score (nSPS) is 23.7. The van der Waals surface area contributed by atoms with Crippen molar-refractivity contribution < 1.29 is 48.0 Å². The van der Waals surface area contributed by atoms with E-state index in [-0.39, 0.29) is 53.0 Å². The number of amides is 1. The molecule has 2 saturated carbocycles. The Bertz CT molecular complexity index is 1920. The zero-order valence-electron chi connectivity index (χ0n) is 34.1. The molecular formula is C44H56N2O10. The molecule has 12 heteroatoms. The topological polar surface area (TPSA) is 167 Å². The molecule has 0 aromatic heterocycles. The van der Waals surface area contributed by atoms with Gasteiger partial charge in [0.05, 0.1) is 31.5 Å². The van der Waals surface area contributed by atoms with Crippen LogP contribution in [0.4, 0.5) is 4.79 Å². The molecule has 6 rings (SSSR count). The number of aliphatic hydroxyl groups is 1. The second kappa shape index (κ2) is 19.7. The van der Waals surface area contributed by atoms with Crippen molar-refractivity contribution in [2.75, 3.05) is 34.4 Å². The fraction of sp³-hybridized carbons (Fsp3) is 0.523. The zero-order valence-corrected chi connectivity index (χ0v) is 34.1. The van der Waals surface area contributed by atoms with Crippen LogP contribution < -0.4 is 14.8 Å². The molecule has 2 aromatic rings. The van der Waals surface area contributed by atoms with Crippen LogP contribution in [-0.2, 0) is 28.7 Å². The van der Waals surface area contributed by atoms with E-state index in [1.165, 1.54) is 6.08 Å². The third kappa shape index (κ3) is 9.31. The molecule has 0 aliphatic heterocycles. The fourth-order valence-corrected chi connectivity index (χ4v) is 8.67. The van der Waals surface area contributed by atoms with Gasteiger partial charge in [-0.1, -0.05) is 12.1 Å². The van der Waals surface area contributed by atoms with Crippen molar-refractivity contribution in [3.05, 3.63) is 69.2 Å². The van der Waals surface area contributed by atoms with E-state index in [0.717, 1.165) is 46.9 Å². The largest absolute Gasteiger partial charge is 0.511 e. The van der Waals surface area contributed by atoms with Crippen LogP contribution in [0.25, 0.3) is 11.1 Å². The number of rotatable bonds is 9. The van der Waals surface area contributed by atoms with Crippen molar-refractivity contribution in [3.8, 4) is 11.5 Å². The molecule has 6 unspecified atom stereocenters. The highest BCUT2D eigenvalue weighted by molar-refractivity contribution is 6.26. The first-order chi connectivity index (χ1) is 26.8. The molecule has 0 bridgehead atoms. The van der Waals surface area contributed by atoms with Crippen molar-refractivity contribution in [1.29, 1.82) is 0 Å². The molecule has 2 N–H and O–H groups in total. The lowest BCUT2D eigenvalue weighted by molar-refractivity contribution is -0.121. The van der Waals surface area contributed by atoms with Gasteiger partial charge in [0.2, 0.25) is 6.08 Å². The molecule has 2 aromatic carbocycles. The molecule has 6 atom stereocenters. The van der Waals surface area contributed by atoms with E-state index >= 15 is 0 Å². The van der Waals surface area contributed by atoms with Gasteiger partial charge in [-0.25, -0.2) is 14.6 Å². The predicted molar refractivity (Wildman–Crippen MR) is 212 cm³/mol. The highest BCUT2D eigenvalue weighted by Crippen LogP contribution is 2.51. The Morgan fingerprint density at radius 1 is 0.821 bits per heavy atom. The van der Waals surface area contributed by atoms with Crippen LogP contribution in [0.2, 0.25) is 0 Å². The number of carbonyl (C=O) groups excluding carboxylic acids is 5. The maximum Gasteiger partial charge on any atom is 0.412 e. The van der Waals surface area contributed by atoms with Crippen molar-refractivity contribution >= 4 is 41.2 Å². The molecule has 302 valence electrons. The highest BCUT2D eigenvalue weighted by atomic mass is 16.6. The number of aliphatic imine (C=N–C) groups is 1. The molecule has 0 saturated heterocycles. The number of fused-ring (bicyclic) bond motifs is 2. The average molecular weight is 773 g/mol. The van der Waals surface area contributed by atoms with Crippen LogP contribution in [0.15, 0.2) is 40.8 Å². The van der Waals surface area contributed by atoms with E-state index in [2.05, 4.69) is 10.3 Å². The first kappa shape index (κ1) is 43.7. The first-order valence-corrected chi connectivity index (χ1v) is 19.3. The summed E-state index contributed by atoms with van der Waals surface area (Å²) in [5, 5.41) is 13.4. The van der Waals surface area contributed by atoms with E-state index in [1.807, 2.05) is 58.9 Å². The minimum atomic E-state index is -0.565. The lowest BCUT2D eigenvalue weighted by Gasteiger charge is -2.30. The highest BCUT2D eigenvalue weighted by Gasteiger charge is 2.49. The predicted octanol–water partition coefficient (Wildman–Crippen LogP) is 7.52. The average Bonchev–Trinajstić information content (AvgIpc) is 3.58. The second-order valence-electron chi connectivity index (χ2n) is 14.8. The third-order valence-corrected chi connectivity index (χ3v) is 11.1. The number of allylic oxidation sites excluding steroid dienone is 4. The summed E-state index contributed by atoms with van der Waals surface area (Å²) in [6.45, 7) is 12.4. The molecule has 0 heterocycles. The van der Waals surface area contributed by atoms with Crippen molar-refractivity contribution in [3.63, 3.8) is 0 Å². The summed E-state index contributed by atoms with van der Waals surface area (Å²) in [6, 6.07) is 7.79. The minimum Gasteiger partial charge on any atom is -0.511 e. The van der Waals surface area contributed by atoms with Crippen LogP contribution in [0, 0.1) is 57.3 Å². The van der Waals surface area contributed by atoms with Crippen LogP contribution in [0.5, 0.6) is 11.5 Å². The number of ketones is 2. The Morgan fingerprint density at radius 2 is 1.39 bits per heavy atom. The van der Waals surface area contributed by atoms with Gasteiger partial charge in [0.25, 0.3) is 0 Å². The summed E-state index contributed by atoms with van der Waals surface area (Å²) in [7, 11) is 4.86. The van der Waals surface area contributed by atoms with Crippen molar-refractivity contribution in [1.82, 2.24) is 5.32 Å². The number of aryl methyl sites for hydroxylation is 4. The van der Waals surface area contributed by atoms with Gasteiger partial charge in [0.1, 0.15) is 29.3 Å². The lowest BCUT2D eigenvalue weighted by atomic mass is 9.75. The standard InChI is InChI=1S/C22H27NO5.C19H24O4.C3H5NO/c1-5-23-22(26)28-21-15-7-6-14(11-24)10-16(15)20(25)19(21)18-13(3)8-12(2)9-17(18)27-4;1-10-7-11(2)16(15(8-10)23-4)17-18(20)13-6-5-12(22-3)9-14(13)19(17)21;1-2-4-3-5/h8-9,11,14-16H,5-7,10H2,1-4H3,(H,23,26);7-8,12-14,21H,5-6,9H2,1-4H3;2H2,1H3. The number of methoxy groups -OCH3 is 3. The van der Waals surface area contributed by atoms with Crippen LogP contribution >= 0.6 is 0 Å². The number of alkyl carbamates (subject to hydrolysis) is 1. The molecule has 0 radical (unpaired) electrons. The smallest absolute Gasteiger partial charge is 0.412 e. The maximum atomic E-state index is 13.4. The number of nitrogens with one attached hydrogen (secondary N) is 1. The third-order valence-electron chi connectivity index (χ3n) is 11.1. The number of hydrogen-bond acceptors (Lipinski definition) is 11. The SMILES string of the molecule is CCN=C=O.CCNC(=O)OC1=C(c2c(C)cc(C)cc2OC)C(=O)C2CC(C=O)CCC12.COc1cc(C)cc(C)c1C1=C(O)C2CC(OC)CCC2C1=O. The molecule has 4 aliphatic carbocycles. The van der Waals surface area contributed by atoms with Gasteiger partial charge < -0.3 is 34.2 Å². The van der Waals surface area contributed by atoms with Gasteiger partial charge >= 0.3 is 6.09 Å². The van der Waals surface area contributed by atoms with E-state index in [0.29, 0.717) is 72.7 Å². The Balaban J connectivity index is 0.000000225. The van der Waals surface area contributed by atoms with E-state index < -0.39 is 6.09 Å². The molecule has 1 amide bonds.